The zero-order chi connectivity index (χ0) is 26.6. The molecule has 6 rings (SSSR count). The number of aromatic amines is 1. The number of imide groups is 1. The van der Waals surface area contributed by atoms with Crippen molar-refractivity contribution in [3.8, 4) is 5.75 Å². The number of hydrogen-bond acceptors (Lipinski definition) is 6. The third-order valence-corrected chi connectivity index (χ3v) is 9.37. The predicted molar refractivity (Wildman–Crippen MR) is 146 cm³/mol. The normalized spacial score (nSPS) is 20.4. The summed E-state index contributed by atoms with van der Waals surface area (Å²) in [7, 11) is 0. The lowest BCUT2D eigenvalue weighted by Crippen LogP contribution is -2.32. The molecule has 1 aromatic heterocycles. The number of nitrogens with one attached hydrogen (secondary N) is 1. The van der Waals surface area contributed by atoms with E-state index in [0.29, 0.717) is 31.3 Å². The Kier molecular flexibility index (Phi) is 6.55. The first kappa shape index (κ1) is 25.2. The summed E-state index contributed by atoms with van der Waals surface area (Å²) in [5, 5.41) is 0.734. The van der Waals surface area contributed by atoms with Crippen LogP contribution in [0.5, 0.6) is 5.75 Å². The summed E-state index contributed by atoms with van der Waals surface area (Å²) in [6, 6.07) is 17.6. The molecule has 4 aromatic rings. The molecule has 2 aliphatic heterocycles. The van der Waals surface area contributed by atoms with Gasteiger partial charge in [0, 0.05) is 26.4 Å². The smallest absolute Gasteiger partial charge is 0.305 e. The van der Waals surface area contributed by atoms with Gasteiger partial charge in [-0.25, -0.2) is 9.29 Å². The van der Waals surface area contributed by atoms with Crippen LogP contribution in [0.4, 0.5) is 10.1 Å². The van der Waals surface area contributed by atoms with E-state index in [2.05, 4.69) is 4.98 Å². The van der Waals surface area contributed by atoms with E-state index >= 15 is 0 Å². The summed E-state index contributed by atoms with van der Waals surface area (Å²) in [5.74, 6) is -2.37. The van der Waals surface area contributed by atoms with Crippen LogP contribution in [0.1, 0.15) is 21.9 Å². The van der Waals surface area contributed by atoms with Gasteiger partial charge in [0.05, 0.1) is 16.6 Å². The van der Waals surface area contributed by atoms with Gasteiger partial charge in [-0.15, -0.1) is 0 Å². The molecule has 3 atom stereocenters. The second kappa shape index (κ2) is 9.89. The molecule has 3 unspecified atom stereocenters. The molecule has 0 aliphatic carbocycles. The highest BCUT2D eigenvalue weighted by molar-refractivity contribution is 8.00. The van der Waals surface area contributed by atoms with Crippen LogP contribution in [-0.4, -0.2) is 22.0 Å². The molecule has 1 N–H and O–H groups in total. The molecule has 3 heterocycles. The maximum atomic E-state index is 13.9. The Bertz CT molecular complexity index is 1640. The van der Waals surface area contributed by atoms with Crippen LogP contribution in [0.25, 0.3) is 0 Å². The lowest BCUT2D eigenvalue weighted by atomic mass is 9.82. The zero-order valence-electron chi connectivity index (χ0n) is 19.3. The number of anilines is 1. The fourth-order valence-electron chi connectivity index (χ4n) is 4.88. The van der Waals surface area contributed by atoms with Gasteiger partial charge < -0.3 is 9.72 Å². The number of carbonyl (C=O) groups excluding carboxylic acids is 2. The summed E-state index contributed by atoms with van der Waals surface area (Å²) in [6.45, 7) is 0.204. The number of amides is 2. The van der Waals surface area contributed by atoms with Crippen molar-refractivity contribution >= 4 is 63.8 Å². The zero-order valence-corrected chi connectivity index (χ0v) is 22.5. The number of nitrogens with zero attached hydrogens (tertiary/aromatic N) is 1. The van der Waals surface area contributed by atoms with Crippen molar-refractivity contribution in [2.45, 2.75) is 22.8 Å². The molecule has 192 valence electrons. The lowest BCUT2D eigenvalue weighted by molar-refractivity contribution is -0.122. The largest absolute Gasteiger partial charge is 0.489 e. The topological polar surface area (TPSA) is 79.5 Å². The molecule has 0 saturated carbocycles. The summed E-state index contributed by atoms with van der Waals surface area (Å²) in [4.78, 5) is 44.1. The molecule has 11 heteroatoms. The number of ether oxygens (including phenoxy) is 1. The molecule has 3 aromatic carbocycles. The maximum absolute atomic E-state index is 13.9. The first-order valence-corrected chi connectivity index (χ1v) is 13.9. The molecule has 1 saturated heterocycles. The third kappa shape index (κ3) is 4.43. The molecular weight excluding hydrogens is 570 g/mol. The summed E-state index contributed by atoms with van der Waals surface area (Å²) in [5.41, 5.74) is 1.72. The number of hydrogen-bond donors (Lipinski definition) is 1. The van der Waals surface area contributed by atoms with Crippen LogP contribution in [0.2, 0.25) is 10.0 Å². The average Bonchev–Trinajstić information content (AvgIpc) is 3.38. The van der Waals surface area contributed by atoms with Crippen molar-refractivity contribution in [1.82, 2.24) is 4.98 Å². The third-order valence-electron chi connectivity index (χ3n) is 6.50. The Morgan fingerprint density at radius 3 is 2.47 bits per heavy atom. The highest BCUT2D eigenvalue weighted by Gasteiger charge is 2.56. The minimum atomic E-state index is -0.830. The Morgan fingerprint density at radius 1 is 0.947 bits per heavy atom. The van der Waals surface area contributed by atoms with Gasteiger partial charge in [0.1, 0.15) is 23.4 Å². The summed E-state index contributed by atoms with van der Waals surface area (Å²) >= 11 is 14.7. The van der Waals surface area contributed by atoms with E-state index in [9.17, 15) is 18.8 Å². The molecule has 0 radical (unpaired) electrons. The number of halogens is 3. The summed E-state index contributed by atoms with van der Waals surface area (Å²) < 4.78 is 19.7. The number of thiazole rings is 1. The molecule has 2 amide bonds. The summed E-state index contributed by atoms with van der Waals surface area (Å²) in [6.07, 6.45) is 0. The number of carbonyl (C=O) groups is 2. The van der Waals surface area contributed by atoms with Crippen molar-refractivity contribution < 1.29 is 18.7 Å². The van der Waals surface area contributed by atoms with Crippen molar-refractivity contribution in [2.24, 2.45) is 5.92 Å². The minimum absolute atomic E-state index is 0.204. The van der Waals surface area contributed by atoms with Crippen molar-refractivity contribution in [2.75, 3.05) is 4.90 Å². The van der Waals surface area contributed by atoms with E-state index in [1.807, 2.05) is 12.1 Å². The Labute approximate surface area is 234 Å². The highest BCUT2D eigenvalue weighted by Crippen LogP contribution is 2.54. The molecule has 0 spiro atoms. The second-order valence-electron chi connectivity index (χ2n) is 8.84. The van der Waals surface area contributed by atoms with E-state index in [4.69, 9.17) is 27.9 Å². The molecule has 0 bridgehead atoms. The Morgan fingerprint density at radius 2 is 1.71 bits per heavy atom. The number of H-pyrrole nitrogens is 1. The van der Waals surface area contributed by atoms with Crippen molar-refractivity contribution in [1.29, 1.82) is 0 Å². The van der Waals surface area contributed by atoms with E-state index in [1.165, 1.54) is 24.3 Å². The first-order chi connectivity index (χ1) is 18.3. The monoisotopic (exact) mass is 586 g/mol. The molecule has 1 fully saturated rings. The molecule has 6 nitrogen and oxygen atoms in total. The highest BCUT2D eigenvalue weighted by atomic mass is 35.5. The number of thioether (sulfide) groups is 1. The van der Waals surface area contributed by atoms with Gasteiger partial charge in [-0.2, -0.15) is 0 Å². The van der Waals surface area contributed by atoms with E-state index in [1.54, 1.807) is 30.3 Å². The molecule has 2 aliphatic rings. The van der Waals surface area contributed by atoms with Gasteiger partial charge in [-0.05, 0) is 60.2 Å². The number of fused-ring (bicyclic) bond motifs is 2. The van der Waals surface area contributed by atoms with Gasteiger partial charge in [-0.1, -0.05) is 58.4 Å². The van der Waals surface area contributed by atoms with Crippen molar-refractivity contribution in [3.63, 3.8) is 0 Å². The van der Waals surface area contributed by atoms with E-state index in [0.717, 1.165) is 33.6 Å². The van der Waals surface area contributed by atoms with E-state index < -0.39 is 34.7 Å². The van der Waals surface area contributed by atoms with Crippen LogP contribution in [0.3, 0.4) is 0 Å². The Hall–Kier alpha value is -3.11. The van der Waals surface area contributed by atoms with Crippen molar-refractivity contribution in [3.05, 3.63) is 108 Å². The minimum Gasteiger partial charge on any atom is -0.489 e. The van der Waals surface area contributed by atoms with Gasteiger partial charge in [0.15, 0.2) is 0 Å². The van der Waals surface area contributed by atoms with Crippen LogP contribution in [-0.2, 0) is 16.2 Å². The first-order valence-electron chi connectivity index (χ1n) is 11.5. The number of aromatic nitrogens is 1. The van der Waals surface area contributed by atoms with Gasteiger partial charge in [0.25, 0.3) is 0 Å². The van der Waals surface area contributed by atoms with Gasteiger partial charge in [0.2, 0.25) is 11.8 Å². The van der Waals surface area contributed by atoms with Crippen LogP contribution in [0.15, 0.2) is 76.6 Å². The lowest BCUT2D eigenvalue weighted by Gasteiger charge is -2.31. The van der Waals surface area contributed by atoms with Gasteiger partial charge >= 0.3 is 4.87 Å². The fraction of sp³-hybridized carbons (Fsp3) is 0.148. The van der Waals surface area contributed by atoms with Crippen LogP contribution in [0, 0.1) is 11.7 Å². The van der Waals surface area contributed by atoms with Gasteiger partial charge in [-0.3, -0.25) is 14.4 Å². The predicted octanol–water partition coefficient (Wildman–Crippen LogP) is 6.26. The molecule has 38 heavy (non-hydrogen) atoms. The average molecular weight is 587 g/mol. The quantitative estimate of drug-likeness (QED) is 0.279. The number of benzene rings is 3. The van der Waals surface area contributed by atoms with Crippen LogP contribution >= 0.6 is 46.3 Å². The van der Waals surface area contributed by atoms with E-state index in [-0.39, 0.29) is 17.2 Å². The SMILES string of the molecule is O=C1C2Sc3[nH]c(=O)sc3C(c3cc(Cl)ccc3OCc3cccc(Cl)c3)C2C(=O)N1c1ccc(F)cc1. The molecular formula is C27H17Cl2FN2O4S2. The standard InChI is InChI=1S/C27H17Cl2FN2O4S2/c28-14-3-1-2-13(10-14)12-36-19-9-4-15(29)11-18(19)20-21-23(37-24-22(20)38-27(35)31-24)26(34)32(25(21)33)17-7-5-16(30)6-8-17/h1-11,20-21,23H,12H2,(H,31,35). The Balaban J connectivity index is 1.45. The van der Waals surface area contributed by atoms with Crippen LogP contribution < -0.4 is 14.5 Å². The maximum Gasteiger partial charge on any atom is 0.305 e. The fourth-order valence-corrected chi connectivity index (χ4v) is 7.78. The number of rotatable bonds is 5. The second-order valence-corrected chi connectivity index (χ2v) is 11.9.